The van der Waals surface area contributed by atoms with E-state index in [1.54, 1.807) is 24.5 Å². The van der Waals surface area contributed by atoms with Crippen molar-refractivity contribution >= 4 is 11.3 Å². The fraction of sp³-hybridized carbons (Fsp3) is 0.100. The van der Waals surface area contributed by atoms with Crippen LogP contribution in [0.25, 0.3) is 5.57 Å². The van der Waals surface area contributed by atoms with Crippen molar-refractivity contribution in [3.8, 4) is 11.5 Å². The van der Waals surface area contributed by atoms with Crippen LogP contribution in [-0.4, -0.2) is 11.9 Å². The third kappa shape index (κ3) is 2.90. The van der Waals surface area contributed by atoms with Gasteiger partial charge in [0.25, 0.3) is 0 Å². The molecule has 1 aliphatic rings. The van der Waals surface area contributed by atoms with Crippen LogP contribution in [0.5, 0.6) is 11.5 Å². The van der Waals surface area contributed by atoms with Crippen molar-refractivity contribution in [2.24, 2.45) is 0 Å². The van der Waals surface area contributed by atoms with Gasteiger partial charge in [-0.05, 0) is 36.4 Å². The highest BCUT2D eigenvalue weighted by Gasteiger charge is 2.22. The second kappa shape index (κ2) is 6.22. The smallest absolute Gasteiger partial charge is 0.168 e. The fourth-order valence-electron chi connectivity index (χ4n) is 3.00. The Morgan fingerprint density at radius 3 is 2.65 bits per heavy atom. The number of furan rings is 1. The van der Waals surface area contributed by atoms with Gasteiger partial charge in [0.05, 0.1) is 12.8 Å². The number of nitrogens with zero attached hydrogens (tertiary/aromatic N) is 1. The van der Waals surface area contributed by atoms with Gasteiger partial charge in [-0.15, -0.1) is 0 Å². The van der Waals surface area contributed by atoms with Gasteiger partial charge in [0.15, 0.2) is 11.6 Å². The molecule has 1 aromatic heterocycles. The lowest BCUT2D eigenvalue weighted by Gasteiger charge is -2.23. The molecule has 0 spiro atoms. The van der Waals surface area contributed by atoms with Gasteiger partial charge in [-0.25, -0.2) is 8.78 Å². The highest BCUT2D eigenvalue weighted by atomic mass is 19.1. The molecule has 0 saturated heterocycles. The Bertz CT molecular complexity index is 1010. The largest absolute Gasteiger partial charge is 0.467 e. The van der Waals surface area contributed by atoms with Crippen LogP contribution in [0, 0.1) is 11.6 Å². The van der Waals surface area contributed by atoms with E-state index in [-0.39, 0.29) is 5.75 Å². The van der Waals surface area contributed by atoms with E-state index in [9.17, 15) is 8.78 Å². The first-order chi connectivity index (χ1) is 12.5. The lowest BCUT2D eigenvalue weighted by atomic mass is 9.95. The van der Waals surface area contributed by atoms with Crippen LogP contribution in [0.4, 0.5) is 14.5 Å². The molecular weight excluding hydrogens is 338 g/mol. The van der Waals surface area contributed by atoms with Crippen molar-refractivity contribution in [3.63, 3.8) is 0 Å². The number of ether oxygens (including phenoxy) is 1. The zero-order chi connectivity index (χ0) is 18.3. The Morgan fingerprint density at radius 2 is 1.85 bits per heavy atom. The molecule has 0 bridgehead atoms. The standard InChI is InChI=1S/C20H16F2N2O2/c1-24-10-16(14-6-7-25-20(14)11-24)15-9-13(23)3-5-18(15)26-19-4-2-12(21)8-17(19)22/h2-10H,11,23H2,1H3. The molecule has 0 radical (unpaired) electrons. The summed E-state index contributed by atoms with van der Waals surface area (Å²) in [5.41, 5.74) is 8.99. The molecule has 6 heteroatoms. The third-order valence-corrected chi connectivity index (χ3v) is 4.19. The summed E-state index contributed by atoms with van der Waals surface area (Å²) in [7, 11) is 1.93. The second-order valence-electron chi connectivity index (χ2n) is 6.15. The fourth-order valence-corrected chi connectivity index (χ4v) is 3.00. The van der Waals surface area contributed by atoms with E-state index in [0.29, 0.717) is 23.5 Å². The molecule has 0 unspecified atom stereocenters. The first kappa shape index (κ1) is 16.2. The van der Waals surface area contributed by atoms with Crippen LogP contribution >= 0.6 is 0 Å². The first-order valence-electron chi connectivity index (χ1n) is 8.03. The molecule has 4 rings (SSSR count). The van der Waals surface area contributed by atoms with Crippen molar-refractivity contribution in [2.75, 3.05) is 12.8 Å². The van der Waals surface area contributed by atoms with Crippen molar-refractivity contribution in [2.45, 2.75) is 6.54 Å². The maximum absolute atomic E-state index is 14.0. The molecule has 0 atom stereocenters. The molecule has 2 heterocycles. The minimum atomic E-state index is -0.772. The summed E-state index contributed by atoms with van der Waals surface area (Å²) in [6, 6.07) is 10.2. The van der Waals surface area contributed by atoms with Crippen LogP contribution in [-0.2, 0) is 6.54 Å². The Kier molecular flexibility index (Phi) is 3.88. The normalized spacial score (nSPS) is 13.3. The van der Waals surface area contributed by atoms with Gasteiger partial charge < -0.3 is 19.8 Å². The predicted octanol–water partition coefficient (Wildman–Crippen LogP) is 4.77. The summed E-state index contributed by atoms with van der Waals surface area (Å²) in [6.45, 7) is 0.650. The summed E-state index contributed by atoms with van der Waals surface area (Å²) >= 11 is 0. The number of benzene rings is 2. The quantitative estimate of drug-likeness (QED) is 0.689. The van der Waals surface area contributed by atoms with Gasteiger partial charge in [0.2, 0.25) is 0 Å². The Labute approximate surface area is 149 Å². The summed E-state index contributed by atoms with van der Waals surface area (Å²) in [5.74, 6) is -0.252. The monoisotopic (exact) mass is 354 g/mol. The van der Waals surface area contributed by atoms with Gasteiger partial charge >= 0.3 is 0 Å². The van der Waals surface area contributed by atoms with Crippen LogP contribution in [0.3, 0.4) is 0 Å². The van der Waals surface area contributed by atoms with E-state index >= 15 is 0 Å². The predicted molar refractivity (Wildman–Crippen MR) is 94.5 cm³/mol. The second-order valence-corrected chi connectivity index (χ2v) is 6.15. The number of fused-ring (bicyclic) bond motifs is 1. The molecule has 3 aromatic rings. The minimum Gasteiger partial charge on any atom is -0.467 e. The molecular formula is C20H16F2N2O2. The first-order valence-corrected chi connectivity index (χ1v) is 8.03. The topological polar surface area (TPSA) is 51.6 Å². The third-order valence-electron chi connectivity index (χ3n) is 4.19. The zero-order valence-electron chi connectivity index (χ0n) is 14.0. The zero-order valence-corrected chi connectivity index (χ0v) is 14.0. The Hall–Kier alpha value is -3.28. The number of halogens is 2. The number of rotatable bonds is 3. The molecule has 1 aliphatic heterocycles. The Balaban J connectivity index is 1.81. The lowest BCUT2D eigenvalue weighted by molar-refractivity contribution is 0.376. The average Bonchev–Trinajstić information content (AvgIpc) is 3.06. The van der Waals surface area contributed by atoms with Gasteiger partial charge in [-0.1, -0.05) is 0 Å². The van der Waals surface area contributed by atoms with Crippen molar-refractivity contribution in [1.82, 2.24) is 4.90 Å². The van der Waals surface area contributed by atoms with Crippen LogP contribution in [0.1, 0.15) is 16.9 Å². The van der Waals surface area contributed by atoms with E-state index in [0.717, 1.165) is 29.0 Å². The SMILES string of the molecule is CN1C=C(c2cc(N)ccc2Oc2ccc(F)cc2F)c2ccoc2C1. The van der Waals surface area contributed by atoms with E-state index in [1.807, 2.05) is 24.2 Å². The highest BCUT2D eigenvalue weighted by Crippen LogP contribution is 2.39. The van der Waals surface area contributed by atoms with Crippen LogP contribution < -0.4 is 10.5 Å². The summed E-state index contributed by atoms with van der Waals surface area (Å²) in [5, 5.41) is 0. The number of nitrogen functional groups attached to an aromatic ring is 1. The molecule has 0 fully saturated rings. The van der Waals surface area contributed by atoms with E-state index < -0.39 is 11.6 Å². The van der Waals surface area contributed by atoms with Crippen molar-refractivity contribution < 1.29 is 17.9 Å². The maximum atomic E-state index is 14.0. The van der Waals surface area contributed by atoms with E-state index in [1.165, 1.54) is 6.07 Å². The number of nitrogens with two attached hydrogens (primary N) is 1. The maximum Gasteiger partial charge on any atom is 0.168 e. The molecule has 0 saturated carbocycles. The molecule has 26 heavy (non-hydrogen) atoms. The van der Waals surface area contributed by atoms with Crippen LogP contribution in [0.15, 0.2) is 59.3 Å². The summed E-state index contributed by atoms with van der Waals surface area (Å²) < 4.78 is 38.4. The average molecular weight is 354 g/mol. The van der Waals surface area contributed by atoms with Gasteiger partial charge in [-0.3, -0.25) is 0 Å². The lowest BCUT2D eigenvalue weighted by Crippen LogP contribution is -2.16. The summed E-state index contributed by atoms with van der Waals surface area (Å²) in [4.78, 5) is 1.98. The molecule has 4 nitrogen and oxygen atoms in total. The minimum absolute atomic E-state index is 0.0606. The van der Waals surface area contributed by atoms with Gasteiger partial charge in [-0.2, -0.15) is 0 Å². The Morgan fingerprint density at radius 1 is 1.04 bits per heavy atom. The van der Waals surface area contributed by atoms with Gasteiger partial charge in [0, 0.05) is 41.7 Å². The number of hydrogen-bond donors (Lipinski definition) is 1. The molecule has 132 valence electrons. The molecule has 0 aliphatic carbocycles. The number of hydrogen-bond acceptors (Lipinski definition) is 4. The summed E-state index contributed by atoms with van der Waals surface area (Å²) in [6.07, 6.45) is 3.59. The highest BCUT2D eigenvalue weighted by molar-refractivity contribution is 5.85. The van der Waals surface area contributed by atoms with E-state index in [4.69, 9.17) is 14.9 Å². The van der Waals surface area contributed by atoms with E-state index in [2.05, 4.69) is 0 Å². The van der Waals surface area contributed by atoms with Crippen molar-refractivity contribution in [1.29, 1.82) is 0 Å². The molecule has 2 aromatic carbocycles. The van der Waals surface area contributed by atoms with Crippen LogP contribution in [0.2, 0.25) is 0 Å². The molecule has 2 N–H and O–H groups in total. The van der Waals surface area contributed by atoms with Crippen molar-refractivity contribution in [3.05, 3.63) is 83.4 Å². The molecule has 0 amide bonds. The van der Waals surface area contributed by atoms with Gasteiger partial charge in [0.1, 0.15) is 17.3 Å². The number of anilines is 1.